The second-order valence-electron chi connectivity index (χ2n) is 4.38. The third-order valence-electron chi connectivity index (χ3n) is 2.50. The third-order valence-corrected chi connectivity index (χ3v) is 2.79. The Hall–Kier alpha value is -1.64. The highest BCUT2D eigenvalue weighted by molar-refractivity contribution is 6.33. The predicted molar refractivity (Wildman–Crippen MR) is 69.0 cm³/mol. The van der Waals surface area contributed by atoms with Gasteiger partial charge in [-0.3, -0.25) is 4.68 Å². The number of aryl methyl sites for hydroxylation is 1. The van der Waals surface area contributed by atoms with E-state index in [2.05, 4.69) is 21.0 Å². The van der Waals surface area contributed by atoms with Gasteiger partial charge in [-0.25, -0.2) is 9.97 Å². The van der Waals surface area contributed by atoms with Gasteiger partial charge in [0.1, 0.15) is 17.4 Å². The third kappa shape index (κ3) is 2.45. The molecular weight excluding hydrogens is 252 g/mol. The molecule has 5 nitrogen and oxygen atoms in total. The van der Waals surface area contributed by atoms with Crippen molar-refractivity contribution in [2.75, 3.05) is 0 Å². The topological polar surface area (TPSA) is 52.8 Å². The van der Waals surface area contributed by atoms with Gasteiger partial charge in [-0.15, -0.1) is 6.42 Å². The van der Waals surface area contributed by atoms with E-state index in [-0.39, 0.29) is 6.61 Å². The summed E-state index contributed by atoms with van der Waals surface area (Å²) >= 11 is 6.06. The van der Waals surface area contributed by atoms with Gasteiger partial charge in [0.25, 0.3) is 0 Å². The lowest BCUT2D eigenvalue weighted by Gasteiger charge is -2.17. The highest BCUT2D eigenvalue weighted by atomic mass is 35.5. The number of hydrogen-bond acceptors (Lipinski definition) is 4. The zero-order valence-electron chi connectivity index (χ0n) is 10.4. The molecule has 2 rings (SSSR count). The normalized spacial score (nSPS) is 11.7. The van der Waals surface area contributed by atoms with Crippen LogP contribution in [-0.2, 0) is 18.4 Å². The highest BCUT2D eigenvalue weighted by Gasteiger charge is 2.16. The molecule has 0 saturated carbocycles. The van der Waals surface area contributed by atoms with Crippen LogP contribution < -0.4 is 0 Å². The molecule has 0 N–H and O–H groups in total. The number of halogens is 1. The lowest BCUT2D eigenvalue weighted by molar-refractivity contribution is 0.0110. The van der Waals surface area contributed by atoms with Crippen molar-refractivity contribution in [2.24, 2.45) is 7.05 Å². The van der Waals surface area contributed by atoms with Crippen LogP contribution in [0.5, 0.6) is 0 Å². The van der Waals surface area contributed by atoms with Crippen LogP contribution in [-0.4, -0.2) is 25.3 Å². The first-order valence-electron chi connectivity index (χ1n) is 5.39. The largest absolute Gasteiger partial charge is 0.355 e. The van der Waals surface area contributed by atoms with Crippen LogP contribution in [0.25, 0.3) is 11.0 Å². The van der Waals surface area contributed by atoms with Gasteiger partial charge in [-0.2, -0.15) is 5.10 Å². The number of terminal acetylenes is 1. The Kier molecular flexibility index (Phi) is 3.24. The van der Waals surface area contributed by atoms with E-state index in [1.807, 2.05) is 0 Å². The molecule has 0 aliphatic heterocycles. The summed E-state index contributed by atoms with van der Waals surface area (Å²) in [5.74, 6) is 3.03. The summed E-state index contributed by atoms with van der Waals surface area (Å²) in [4.78, 5) is 8.50. The molecule has 2 aromatic heterocycles. The van der Waals surface area contributed by atoms with Gasteiger partial charge >= 0.3 is 0 Å². The molecule has 2 aromatic rings. The molecule has 0 aliphatic carbocycles. The van der Waals surface area contributed by atoms with Crippen molar-refractivity contribution in [3.63, 3.8) is 0 Å². The summed E-state index contributed by atoms with van der Waals surface area (Å²) in [5, 5.41) is 5.17. The maximum absolute atomic E-state index is 6.06. The predicted octanol–water partition coefficient (Wildman–Crippen LogP) is 1.95. The van der Waals surface area contributed by atoms with Gasteiger partial charge in [0.15, 0.2) is 11.5 Å². The highest BCUT2D eigenvalue weighted by Crippen LogP contribution is 2.20. The van der Waals surface area contributed by atoms with Gasteiger partial charge in [0.2, 0.25) is 0 Å². The van der Waals surface area contributed by atoms with E-state index < -0.39 is 5.60 Å². The summed E-state index contributed by atoms with van der Waals surface area (Å²) < 4.78 is 7.17. The average molecular weight is 265 g/mol. The first kappa shape index (κ1) is 12.8. The quantitative estimate of drug-likeness (QED) is 0.628. The molecular formula is C12H13ClN4O. The fourth-order valence-electron chi connectivity index (χ4n) is 1.38. The van der Waals surface area contributed by atoms with Crippen molar-refractivity contribution in [1.29, 1.82) is 0 Å². The number of fused-ring (bicyclic) bond motifs is 1. The molecule has 0 atom stereocenters. The molecule has 0 fully saturated rings. The number of aromatic nitrogens is 4. The molecule has 0 amide bonds. The first-order chi connectivity index (χ1) is 8.43. The standard InChI is InChI=1S/C12H13ClN4O/c1-5-12(2,3)18-7-9-15-10(13)8-6-14-17(4)11(8)16-9/h1,6H,7H2,2-4H3. The van der Waals surface area contributed by atoms with E-state index in [0.29, 0.717) is 16.6 Å². The smallest absolute Gasteiger partial charge is 0.162 e. The van der Waals surface area contributed by atoms with Crippen LogP contribution in [0.1, 0.15) is 19.7 Å². The Morgan fingerprint density at radius 2 is 2.22 bits per heavy atom. The Labute approximate surface area is 110 Å². The molecule has 2 heterocycles. The summed E-state index contributed by atoms with van der Waals surface area (Å²) in [7, 11) is 1.79. The monoisotopic (exact) mass is 264 g/mol. The SMILES string of the molecule is C#CC(C)(C)OCc1nc(Cl)c2cnn(C)c2n1. The minimum Gasteiger partial charge on any atom is -0.355 e. The van der Waals surface area contributed by atoms with Gasteiger partial charge in [-0.05, 0) is 13.8 Å². The molecule has 94 valence electrons. The molecule has 0 saturated heterocycles. The first-order valence-corrected chi connectivity index (χ1v) is 5.76. The van der Waals surface area contributed by atoms with Crippen LogP contribution in [0.15, 0.2) is 6.20 Å². The number of hydrogen-bond donors (Lipinski definition) is 0. The van der Waals surface area contributed by atoms with Gasteiger partial charge in [0, 0.05) is 7.05 Å². The fraction of sp³-hybridized carbons (Fsp3) is 0.417. The van der Waals surface area contributed by atoms with Crippen LogP contribution in [0.2, 0.25) is 5.15 Å². The number of rotatable bonds is 3. The van der Waals surface area contributed by atoms with Crippen LogP contribution >= 0.6 is 11.6 Å². The van der Waals surface area contributed by atoms with E-state index in [0.717, 1.165) is 5.39 Å². The Morgan fingerprint density at radius 3 is 2.89 bits per heavy atom. The second kappa shape index (κ2) is 4.56. The fourth-order valence-corrected chi connectivity index (χ4v) is 1.61. The van der Waals surface area contributed by atoms with Crippen molar-refractivity contribution >= 4 is 22.6 Å². The molecule has 0 radical (unpaired) electrons. The molecule has 0 aromatic carbocycles. The van der Waals surface area contributed by atoms with Crippen molar-refractivity contribution in [3.8, 4) is 12.3 Å². The maximum Gasteiger partial charge on any atom is 0.162 e. The summed E-state index contributed by atoms with van der Waals surface area (Å²) in [6.07, 6.45) is 6.98. The maximum atomic E-state index is 6.06. The van der Waals surface area contributed by atoms with Crippen LogP contribution in [0.4, 0.5) is 0 Å². The summed E-state index contributed by atoms with van der Waals surface area (Å²) in [6.45, 7) is 3.81. The minimum absolute atomic E-state index is 0.206. The van der Waals surface area contributed by atoms with Gasteiger partial charge < -0.3 is 4.74 Å². The molecule has 0 unspecified atom stereocenters. The van der Waals surface area contributed by atoms with E-state index in [1.54, 1.807) is 31.8 Å². The Morgan fingerprint density at radius 1 is 1.50 bits per heavy atom. The molecule has 0 bridgehead atoms. The summed E-state index contributed by atoms with van der Waals surface area (Å²) in [5.41, 5.74) is 0.0177. The van der Waals surface area contributed by atoms with E-state index in [1.165, 1.54) is 0 Å². The lowest BCUT2D eigenvalue weighted by atomic mass is 10.1. The number of ether oxygens (including phenoxy) is 1. The zero-order chi connectivity index (χ0) is 13.3. The van der Waals surface area contributed by atoms with Gasteiger partial charge in [-0.1, -0.05) is 17.5 Å². The Balaban J connectivity index is 2.30. The van der Waals surface area contributed by atoms with E-state index >= 15 is 0 Å². The van der Waals surface area contributed by atoms with Crippen LogP contribution in [0.3, 0.4) is 0 Å². The van der Waals surface area contributed by atoms with E-state index in [9.17, 15) is 0 Å². The molecule has 0 aliphatic rings. The van der Waals surface area contributed by atoms with Crippen molar-refractivity contribution in [2.45, 2.75) is 26.1 Å². The average Bonchev–Trinajstić information content (AvgIpc) is 2.70. The summed E-state index contributed by atoms with van der Waals surface area (Å²) in [6, 6.07) is 0. The number of nitrogens with zero attached hydrogens (tertiary/aromatic N) is 4. The zero-order valence-corrected chi connectivity index (χ0v) is 11.2. The Bertz CT molecular complexity index is 627. The van der Waals surface area contributed by atoms with Crippen molar-refractivity contribution in [3.05, 3.63) is 17.2 Å². The van der Waals surface area contributed by atoms with Gasteiger partial charge in [0.05, 0.1) is 11.6 Å². The minimum atomic E-state index is -0.656. The van der Waals surface area contributed by atoms with Crippen LogP contribution in [0, 0.1) is 12.3 Å². The molecule has 6 heteroatoms. The second-order valence-corrected chi connectivity index (χ2v) is 4.74. The lowest BCUT2D eigenvalue weighted by Crippen LogP contribution is -2.22. The van der Waals surface area contributed by atoms with Crippen molar-refractivity contribution < 1.29 is 4.74 Å². The van der Waals surface area contributed by atoms with Crippen molar-refractivity contribution in [1.82, 2.24) is 19.7 Å². The molecule has 18 heavy (non-hydrogen) atoms. The molecule has 0 spiro atoms. The van der Waals surface area contributed by atoms with E-state index in [4.69, 9.17) is 22.8 Å².